The highest BCUT2D eigenvalue weighted by molar-refractivity contribution is 7.91. The van der Waals surface area contributed by atoms with Gasteiger partial charge in [-0.3, -0.25) is 15.0 Å². The summed E-state index contributed by atoms with van der Waals surface area (Å²) >= 11 is 0. The van der Waals surface area contributed by atoms with E-state index >= 15 is 0 Å². The molecule has 4 atom stereocenters. The monoisotopic (exact) mass is 514 g/mol. The number of benzene rings is 1. The highest BCUT2D eigenvalue weighted by Crippen LogP contribution is 2.26. The van der Waals surface area contributed by atoms with E-state index in [1.54, 1.807) is 11.0 Å². The van der Waals surface area contributed by atoms with Gasteiger partial charge in [0, 0.05) is 57.1 Å². The van der Waals surface area contributed by atoms with Gasteiger partial charge >= 0.3 is 0 Å². The largest absolute Gasteiger partial charge is 0.390 e. The molecule has 2 saturated heterocycles. The maximum absolute atomic E-state index is 13.2. The molecule has 2 fully saturated rings. The molecule has 0 saturated carbocycles. The van der Waals surface area contributed by atoms with E-state index in [9.17, 15) is 18.3 Å². The number of sulfone groups is 1. The predicted octanol–water partition coefficient (Wildman–Crippen LogP) is 0.645. The Morgan fingerprint density at radius 3 is 2.67 bits per heavy atom. The Hall–Kier alpha value is -2.60. The molecule has 3 N–H and O–H groups in total. The summed E-state index contributed by atoms with van der Waals surface area (Å²) in [5, 5.41) is 16.8. The molecule has 3 aliphatic heterocycles. The predicted molar refractivity (Wildman–Crippen MR) is 136 cm³/mol. The standard InChI is InChI=1S/C25H34N6O4S/c1-36(34,35)24-7-6-19(13-26-24)29-23-12-20(27-16-28-23)25(33)31-11-9-21(22(32)15-31)30-10-8-17-4-2-3-5-18(17)14-30/h2-5,12,16,19,21-22,24,26,32H,6-11,13-15H2,1H3,(H,27,28,29)/t19?,21-,22-,24?/m0/s1. The third kappa shape index (κ3) is 5.54. The van der Waals surface area contributed by atoms with Gasteiger partial charge in [0.15, 0.2) is 9.84 Å². The molecule has 11 heteroatoms. The van der Waals surface area contributed by atoms with Crippen LogP contribution >= 0.6 is 0 Å². The first-order valence-corrected chi connectivity index (χ1v) is 14.5. The van der Waals surface area contributed by atoms with Gasteiger partial charge in [0.1, 0.15) is 23.2 Å². The summed E-state index contributed by atoms with van der Waals surface area (Å²) in [4.78, 5) is 25.6. The number of aliphatic hydroxyl groups is 1. The van der Waals surface area contributed by atoms with Crippen molar-refractivity contribution in [3.05, 3.63) is 53.5 Å². The van der Waals surface area contributed by atoms with E-state index < -0.39 is 21.3 Å². The number of nitrogens with zero attached hydrogens (tertiary/aromatic N) is 4. The Labute approximate surface area is 212 Å². The molecule has 1 amide bonds. The van der Waals surface area contributed by atoms with Crippen molar-refractivity contribution >= 4 is 21.6 Å². The molecular weight excluding hydrogens is 480 g/mol. The number of anilines is 1. The zero-order valence-electron chi connectivity index (χ0n) is 20.5. The maximum Gasteiger partial charge on any atom is 0.272 e. The Bertz CT molecular complexity index is 1200. The summed E-state index contributed by atoms with van der Waals surface area (Å²) in [6, 6.07) is 10.1. The second-order valence-corrected chi connectivity index (χ2v) is 12.3. The van der Waals surface area contributed by atoms with Gasteiger partial charge in [-0.2, -0.15) is 0 Å². The molecule has 0 aliphatic carbocycles. The van der Waals surface area contributed by atoms with Gasteiger partial charge in [-0.25, -0.2) is 18.4 Å². The first-order valence-electron chi connectivity index (χ1n) is 12.6. The van der Waals surface area contributed by atoms with E-state index in [0.29, 0.717) is 38.2 Å². The third-order valence-electron chi connectivity index (χ3n) is 7.59. The number of carbonyl (C=O) groups is 1. The van der Waals surface area contributed by atoms with Crippen molar-refractivity contribution in [2.24, 2.45) is 0 Å². The average Bonchev–Trinajstić information content (AvgIpc) is 2.88. The molecule has 5 rings (SSSR count). The molecule has 36 heavy (non-hydrogen) atoms. The first-order chi connectivity index (χ1) is 17.3. The summed E-state index contributed by atoms with van der Waals surface area (Å²) in [5.74, 6) is 0.307. The number of hydrogen-bond acceptors (Lipinski definition) is 9. The Morgan fingerprint density at radius 1 is 1.14 bits per heavy atom. The van der Waals surface area contributed by atoms with Crippen LogP contribution < -0.4 is 10.6 Å². The van der Waals surface area contributed by atoms with E-state index in [4.69, 9.17) is 0 Å². The number of aliphatic hydroxyl groups excluding tert-OH is 1. The molecule has 0 radical (unpaired) electrons. The van der Waals surface area contributed by atoms with Crippen LogP contribution in [-0.4, -0.2) is 95.2 Å². The fourth-order valence-corrected chi connectivity index (χ4v) is 6.54. The lowest BCUT2D eigenvalue weighted by Gasteiger charge is -2.43. The second-order valence-electron chi connectivity index (χ2n) is 10.1. The number of fused-ring (bicyclic) bond motifs is 1. The number of rotatable bonds is 5. The van der Waals surface area contributed by atoms with Crippen LogP contribution in [0.25, 0.3) is 0 Å². The Balaban J connectivity index is 1.17. The van der Waals surface area contributed by atoms with Gasteiger partial charge in [-0.05, 0) is 36.8 Å². The zero-order chi connectivity index (χ0) is 25.3. The number of carbonyl (C=O) groups excluding carboxylic acids is 1. The number of hydrogen-bond donors (Lipinski definition) is 3. The molecule has 10 nitrogen and oxygen atoms in total. The molecule has 2 unspecified atom stereocenters. The minimum Gasteiger partial charge on any atom is -0.390 e. The van der Waals surface area contributed by atoms with E-state index in [0.717, 1.165) is 19.5 Å². The van der Waals surface area contributed by atoms with Gasteiger partial charge in [-0.15, -0.1) is 0 Å². The highest BCUT2D eigenvalue weighted by atomic mass is 32.2. The number of amides is 1. The number of aromatic nitrogens is 2. The number of likely N-dealkylation sites (tertiary alicyclic amines) is 1. The van der Waals surface area contributed by atoms with Crippen LogP contribution in [0.2, 0.25) is 0 Å². The summed E-state index contributed by atoms with van der Waals surface area (Å²) in [6.07, 6.45) is 4.86. The van der Waals surface area contributed by atoms with E-state index in [-0.39, 0.29) is 30.2 Å². The summed E-state index contributed by atoms with van der Waals surface area (Å²) < 4.78 is 23.5. The molecule has 1 aromatic heterocycles. The summed E-state index contributed by atoms with van der Waals surface area (Å²) in [5.41, 5.74) is 2.97. The fraction of sp³-hybridized carbons (Fsp3) is 0.560. The van der Waals surface area contributed by atoms with E-state index in [1.165, 1.54) is 23.7 Å². The molecule has 4 heterocycles. The Morgan fingerprint density at radius 2 is 1.94 bits per heavy atom. The Kier molecular flexibility index (Phi) is 7.25. The number of nitrogens with one attached hydrogen (secondary N) is 2. The smallest absolute Gasteiger partial charge is 0.272 e. The van der Waals surface area contributed by atoms with Crippen LogP contribution in [0.15, 0.2) is 36.7 Å². The molecule has 0 spiro atoms. The van der Waals surface area contributed by atoms with Gasteiger partial charge in [0.25, 0.3) is 5.91 Å². The van der Waals surface area contributed by atoms with Gasteiger partial charge in [-0.1, -0.05) is 24.3 Å². The normalized spacial score (nSPS) is 27.3. The van der Waals surface area contributed by atoms with Gasteiger partial charge < -0.3 is 15.3 Å². The molecule has 2 aromatic rings. The lowest BCUT2D eigenvalue weighted by molar-refractivity contribution is -0.0139. The van der Waals surface area contributed by atoms with E-state index in [2.05, 4.69) is 49.8 Å². The number of β-amino-alcohol motifs (C(OH)–C–C–N with tert-alkyl or cyclic N) is 1. The van der Waals surface area contributed by atoms with Crippen LogP contribution in [0, 0.1) is 0 Å². The molecular formula is C25H34N6O4S. The van der Waals surface area contributed by atoms with Crippen molar-refractivity contribution in [2.45, 2.75) is 55.8 Å². The first kappa shape index (κ1) is 25.1. The van der Waals surface area contributed by atoms with Gasteiger partial charge in [0.2, 0.25) is 0 Å². The van der Waals surface area contributed by atoms with Gasteiger partial charge in [0.05, 0.1) is 6.10 Å². The highest BCUT2D eigenvalue weighted by Gasteiger charge is 2.36. The van der Waals surface area contributed by atoms with Crippen molar-refractivity contribution in [2.75, 3.05) is 37.8 Å². The minimum atomic E-state index is -3.12. The SMILES string of the molecule is CS(=O)(=O)C1CCC(Nc2cc(C(=O)N3CC[C@H](N4CCc5ccccc5C4)[C@@H](O)C3)ncn2)CN1. The van der Waals surface area contributed by atoms with Crippen molar-refractivity contribution in [1.29, 1.82) is 0 Å². The summed E-state index contributed by atoms with van der Waals surface area (Å²) in [6.45, 7) is 3.06. The van der Waals surface area contributed by atoms with Crippen LogP contribution in [0.5, 0.6) is 0 Å². The van der Waals surface area contributed by atoms with Crippen molar-refractivity contribution in [1.82, 2.24) is 25.1 Å². The van der Waals surface area contributed by atoms with Crippen molar-refractivity contribution in [3.63, 3.8) is 0 Å². The van der Waals surface area contributed by atoms with Crippen LogP contribution in [0.1, 0.15) is 40.9 Å². The lowest BCUT2D eigenvalue weighted by atomic mass is 9.94. The molecule has 0 bridgehead atoms. The summed E-state index contributed by atoms with van der Waals surface area (Å²) in [7, 11) is -3.12. The molecule has 1 aromatic carbocycles. The second kappa shape index (κ2) is 10.4. The van der Waals surface area contributed by atoms with Crippen LogP contribution in [0.3, 0.4) is 0 Å². The third-order valence-corrected chi connectivity index (χ3v) is 9.02. The quantitative estimate of drug-likeness (QED) is 0.527. The molecule has 194 valence electrons. The minimum absolute atomic E-state index is 0.00749. The number of piperidine rings is 2. The van der Waals surface area contributed by atoms with E-state index in [1.807, 2.05) is 0 Å². The van der Waals surface area contributed by atoms with Crippen LogP contribution in [-0.2, 0) is 22.8 Å². The zero-order valence-corrected chi connectivity index (χ0v) is 21.3. The van der Waals surface area contributed by atoms with Crippen LogP contribution in [0.4, 0.5) is 5.82 Å². The fourth-order valence-electron chi connectivity index (χ4n) is 5.57. The maximum atomic E-state index is 13.2. The topological polar surface area (TPSA) is 128 Å². The average molecular weight is 515 g/mol. The lowest BCUT2D eigenvalue weighted by Crippen LogP contribution is -2.56. The molecule has 3 aliphatic rings. The van der Waals surface area contributed by atoms with Crippen molar-refractivity contribution in [3.8, 4) is 0 Å². The van der Waals surface area contributed by atoms with Crippen molar-refractivity contribution < 1.29 is 18.3 Å².